The lowest BCUT2D eigenvalue weighted by Crippen LogP contribution is -2.18. The number of nitrogens with zero attached hydrogens (tertiary/aromatic N) is 2. The number of aromatic nitrogens is 2. The lowest BCUT2D eigenvalue weighted by Gasteiger charge is -2.32. The molecule has 158 valence electrons. The Balaban J connectivity index is 0.00000196. The maximum absolute atomic E-state index is 4.71. The molecule has 1 aromatic heterocycles. The van der Waals surface area contributed by atoms with Crippen LogP contribution in [-0.2, 0) is 6.42 Å². The molecule has 1 heterocycles. The van der Waals surface area contributed by atoms with Gasteiger partial charge in [-0.15, -0.1) is 12.4 Å². The summed E-state index contributed by atoms with van der Waals surface area (Å²) >= 11 is 0. The molecule has 3 aliphatic rings. The molecule has 1 unspecified atom stereocenters. The zero-order chi connectivity index (χ0) is 20.4. The van der Waals surface area contributed by atoms with Gasteiger partial charge in [-0.1, -0.05) is 66.3 Å². The Hall–Kier alpha value is -2.97. The van der Waals surface area contributed by atoms with Gasteiger partial charge < -0.3 is 0 Å². The van der Waals surface area contributed by atoms with E-state index in [0.717, 1.165) is 36.4 Å². The first-order chi connectivity index (χ1) is 15.3. The lowest BCUT2D eigenvalue weighted by atomic mass is 9.72. The van der Waals surface area contributed by atoms with Gasteiger partial charge in [0.15, 0.2) is 0 Å². The Morgan fingerprint density at radius 3 is 2.66 bits per heavy atom. The van der Waals surface area contributed by atoms with Crippen molar-refractivity contribution in [3.63, 3.8) is 0 Å². The fourth-order valence-electron chi connectivity index (χ4n) is 5.64. The van der Waals surface area contributed by atoms with Crippen LogP contribution in [0.4, 0.5) is 0 Å². The van der Waals surface area contributed by atoms with E-state index in [-0.39, 0.29) is 12.4 Å². The van der Waals surface area contributed by atoms with E-state index >= 15 is 0 Å². The zero-order valence-corrected chi connectivity index (χ0v) is 18.7. The van der Waals surface area contributed by atoms with Crippen molar-refractivity contribution in [1.82, 2.24) is 10.2 Å². The van der Waals surface area contributed by atoms with Gasteiger partial charge in [0.1, 0.15) is 0 Å². The van der Waals surface area contributed by atoms with E-state index in [1.165, 1.54) is 56.8 Å². The molecular formula is C29H25ClN2. The number of hydrogen-bond acceptors (Lipinski definition) is 2. The first-order valence-electron chi connectivity index (χ1n) is 11.5. The highest BCUT2D eigenvalue weighted by Crippen LogP contribution is 2.47. The van der Waals surface area contributed by atoms with E-state index in [9.17, 15) is 0 Å². The predicted octanol–water partition coefficient (Wildman–Crippen LogP) is 7.53. The molecule has 1 atom stereocenters. The second-order valence-electron chi connectivity index (χ2n) is 9.31. The molecule has 3 aliphatic carbocycles. The first-order valence-corrected chi connectivity index (χ1v) is 11.5. The summed E-state index contributed by atoms with van der Waals surface area (Å²) in [5, 5.41) is 13.2. The number of rotatable bonds is 2. The molecule has 0 saturated heterocycles. The van der Waals surface area contributed by atoms with Crippen LogP contribution < -0.4 is 0 Å². The fraction of sp³-hybridized carbons (Fsp3) is 0.241. The van der Waals surface area contributed by atoms with E-state index in [0.29, 0.717) is 5.92 Å². The highest BCUT2D eigenvalue weighted by molar-refractivity contribution is 5.95. The SMILES string of the molecule is C1=CC2=C(CC1)C(c1cc3ccccc3nn1)Cc1c2ccc2cc(C3CC3)ccc12.Cl. The van der Waals surface area contributed by atoms with Crippen molar-refractivity contribution >= 4 is 39.7 Å². The van der Waals surface area contributed by atoms with Crippen molar-refractivity contribution in [3.05, 3.63) is 101 Å². The van der Waals surface area contributed by atoms with Crippen LogP contribution >= 0.6 is 12.4 Å². The maximum atomic E-state index is 4.71. The number of allylic oxidation sites excluding steroid dienone is 4. The molecule has 0 N–H and O–H groups in total. The molecule has 2 nitrogen and oxygen atoms in total. The summed E-state index contributed by atoms with van der Waals surface area (Å²) in [7, 11) is 0. The van der Waals surface area contributed by atoms with E-state index in [1.54, 1.807) is 0 Å². The fourth-order valence-corrected chi connectivity index (χ4v) is 5.64. The Morgan fingerprint density at radius 1 is 0.844 bits per heavy atom. The number of fused-ring (bicyclic) bond motifs is 5. The van der Waals surface area contributed by atoms with Crippen LogP contribution in [0.3, 0.4) is 0 Å². The molecule has 3 aromatic carbocycles. The van der Waals surface area contributed by atoms with Crippen LogP contribution in [0.5, 0.6) is 0 Å². The number of hydrogen-bond donors (Lipinski definition) is 0. The van der Waals surface area contributed by atoms with Crippen molar-refractivity contribution in [3.8, 4) is 0 Å². The second kappa shape index (κ2) is 7.56. The van der Waals surface area contributed by atoms with Gasteiger partial charge in [-0.3, -0.25) is 0 Å². The average molecular weight is 437 g/mol. The van der Waals surface area contributed by atoms with Crippen LogP contribution in [0.15, 0.2) is 78.4 Å². The maximum Gasteiger partial charge on any atom is 0.0929 e. The Bertz CT molecular complexity index is 1430. The van der Waals surface area contributed by atoms with E-state index in [2.05, 4.69) is 65.8 Å². The molecule has 3 heteroatoms. The highest BCUT2D eigenvalue weighted by Gasteiger charge is 2.31. The summed E-state index contributed by atoms with van der Waals surface area (Å²) in [6.07, 6.45) is 10.6. The molecule has 32 heavy (non-hydrogen) atoms. The van der Waals surface area contributed by atoms with Gasteiger partial charge in [-0.2, -0.15) is 10.2 Å². The largest absolute Gasteiger partial charge is 0.154 e. The third-order valence-electron chi connectivity index (χ3n) is 7.40. The van der Waals surface area contributed by atoms with E-state index < -0.39 is 0 Å². The van der Waals surface area contributed by atoms with Crippen molar-refractivity contribution in [2.75, 3.05) is 0 Å². The Morgan fingerprint density at radius 2 is 1.75 bits per heavy atom. The first kappa shape index (κ1) is 19.7. The Labute approximate surface area is 194 Å². The molecule has 0 amide bonds. The molecule has 1 fully saturated rings. The summed E-state index contributed by atoms with van der Waals surface area (Å²) < 4.78 is 0. The van der Waals surface area contributed by atoms with Gasteiger partial charge >= 0.3 is 0 Å². The minimum atomic E-state index is 0. The van der Waals surface area contributed by atoms with Crippen molar-refractivity contribution in [2.45, 2.75) is 43.9 Å². The van der Waals surface area contributed by atoms with Crippen LogP contribution in [0, 0.1) is 0 Å². The van der Waals surface area contributed by atoms with Crippen LogP contribution in [0.2, 0.25) is 0 Å². The standard InChI is InChI=1S/C29H24N2.ClH/c1-4-8-28-21(5-1)16-29(31-30-28)27-17-26-22-13-11-19(18-9-10-18)15-20(22)12-14-25(26)23-6-2-3-7-24(23)27;/h1-2,4-6,8,11-16,18,27H,3,7,9-10,17H2;1H. The Kier molecular flexibility index (Phi) is 4.66. The minimum absolute atomic E-state index is 0. The molecule has 7 rings (SSSR count). The summed E-state index contributed by atoms with van der Waals surface area (Å²) in [4.78, 5) is 0. The summed E-state index contributed by atoms with van der Waals surface area (Å²) in [5.41, 5.74) is 9.44. The number of benzene rings is 3. The van der Waals surface area contributed by atoms with Crippen LogP contribution in [0.1, 0.15) is 59.9 Å². The summed E-state index contributed by atoms with van der Waals surface area (Å²) in [6, 6.07) is 22.4. The van der Waals surface area contributed by atoms with E-state index in [1.807, 2.05) is 12.1 Å². The van der Waals surface area contributed by atoms with Crippen LogP contribution in [0.25, 0.3) is 27.2 Å². The van der Waals surface area contributed by atoms with E-state index in [4.69, 9.17) is 5.10 Å². The van der Waals surface area contributed by atoms with Gasteiger partial charge in [0.05, 0.1) is 11.2 Å². The zero-order valence-electron chi connectivity index (χ0n) is 17.9. The molecule has 0 bridgehead atoms. The highest BCUT2D eigenvalue weighted by atomic mass is 35.5. The van der Waals surface area contributed by atoms with Crippen molar-refractivity contribution < 1.29 is 0 Å². The minimum Gasteiger partial charge on any atom is -0.154 e. The molecule has 0 spiro atoms. The van der Waals surface area contributed by atoms with Gasteiger partial charge in [0.2, 0.25) is 0 Å². The van der Waals surface area contributed by atoms with Crippen molar-refractivity contribution in [1.29, 1.82) is 0 Å². The molecule has 0 aliphatic heterocycles. The molecule has 0 radical (unpaired) electrons. The third kappa shape index (κ3) is 3.09. The summed E-state index contributed by atoms with van der Waals surface area (Å²) in [5.74, 6) is 1.09. The van der Waals surface area contributed by atoms with Gasteiger partial charge in [0, 0.05) is 11.3 Å². The van der Waals surface area contributed by atoms with Gasteiger partial charge in [0.25, 0.3) is 0 Å². The van der Waals surface area contributed by atoms with Crippen molar-refractivity contribution in [2.24, 2.45) is 0 Å². The molecule has 1 saturated carbocycles. The quantitative estimate of drug-likeness (QED) is 0.324. The average Bonchev–Trinajstić information content (AvgIpc) is 3.68. The number of halogens is 1. The molecule has 4 aromatic rings. The predicted molar refractivity (Wildman–Crippen MR) is 134 cm³/mol. The summed E-state index contributed by atoms with van der Waals surface area (Å²) in [6.45, 7) is 0. The molecular weight excluding hydrogens is 412 g/mol. The second-order valence-corrected chi connectivity index (χ2v) is 9.31. The normalized spacial score (nSPS) is 19.6. The van der Waals surface area contributed by atoms with Crippen LogP contribution in [-0.4, -0.2) is 10.2 Å². The monoisotopic (exact) mass is 436 g/mol. The van der Waals surface area contributed by atoms with Gasteiger partial charge in [-0.05, 0) is 83.2 Å². The third-order valence-corrected chi connectivity index (χ3v) is 7.40. The smallest absolute Gasteiger partial charge is 0.0929 e. The topological polar surface area (TPSA) is 25.8 Å². The van der Waals surface area contributed by atoms with Gasteiger partial charge in [-0.25, -0.2) is 0 Å². The lowest BCUT2D eigenvalue weighted by molar-refractivity contribution is 0.693.